The van der Waals surface area contributed by atoms with Gasteiger partial charge in [-0.15, -0.1) is 0 Å². The molecule has 1 amide bonds. The SMILES string of the molecule is CCc1ccccc1Nc1c(OC(N)=O)cnc2[nH]ccc12. The van der Waals surface area contributed by atoms with Gasteiger partial charge >= 0.3 is 6.09 Å². The first-order chi connectivity index (χ1) is 10.7. The van der Waals surface area contributed by atoms with Crippen molar-refractivity contribution in [2.24, 2.45) is 5.73 Å². The number of benzene rings is 1. The summed E-state index contributed by atoms with van der Waals surface area (Å²) in [6, 6.07) is 9.83. The summed E-state index contributed by atoms with van der Waals surface area (Å²) in [5.74, 6) is 0.297. The van der Waals surface area contributed by atoms with E-state index in [-0.39, 0.29) is 0 Å². The van der Waals surface area contributed by atoms with Crippen molar-refractivity contribution >= 4 is 28.5 Å². The van der Waals surface area contributed by atoms with Gasteiger partial charge in [-0.05, 0) is 24.1 Å². The number of nitrogens with zero attached hydrogens (tertiary/aromatic N) is 1. The first-order valence-electron chi connectivity index (χ1n) is 6.97. The van der Waals surface area contributed by atoms with Crippen LogP contribution in [0.1, 0.15) is 12.5 Å². The smallest absolute Gasteiger partial charge is 0.407 e. The number of hydrogen-bond donors (Lipinski definition) is 3. The summed E-state index contributed by atoms with van der Waals surface area (Å²) in [5.41, 5.74) is 8.61. The lowest BCUT2D eigenvalue weighted by Crippen LogP contribution is -2.17. The number of rotatable bonds is 4. The van der Waals surface area contributed by atoms with E-state index in [9.17, 15) is 4.79 Å². The molecule has 22 heavy (non-hydrogen) atoms. The lowest BCUT2D eigenvalue weighted by atomic mass is 10.1. The Morgan fingerprint density at radius 2 is 2.18 bits per heavy atom. The van der Waals surface area contributed by atoms with E-state index in [4.69, 9.17) is 10.5 Å². The van der Waals surface area contributed by atoms with Crippen LogP contribution in [0, 0.1) is 0 Å². The molecule has 1 aromatic carbocycles. The predicted octanol–water partition coefficient (Wildman–Crippen LogP) is 3.33. The normalized spacial score (nSPS) is 10.6. The Kier molecular flexibility index (Phi) is 3.65. The predicted molar refractivity (Wildman–Crippen MR) is 85.4 cm³/mol. The second-order valence-corrected chi connectivity index (χ2v) is 4.79. The third kappa shape index (κ3) is 2.58. The lowest BCUT2D eigenvalue weighted by Gasteiger charge is -2.14. The van der Waals surface area contributed by atoms with Crippen molar-refractivity contribution in [1.82, 2.24) is 9.97 Å². The molecule has 112 valence electrons. The van der Waals surface area contributed by atoms with Crippen LogP contribution in [-0.4, -0.2) is 16.1 Å². The molecule has 0 spiro atoms. The van der Waals surface area contributed by atoms with Crippen LogP contribution >= 0.6 is 0 Å². The molecular weight excluding hydrogens is 280 g/mol. The number of pyridine rings is 1. The molecule has 0 bridgehead atoms. The number of carbonyl (C=O) groups excluding carboxylic acids is 1. The minimum absolute atomic E-state index is 0.297. The van der Waals surface area contributed by atoms with E-state index >= 15 is 0 Å². The molecule has 4 N–H and O–H groups in total. The quantitative estimate of drug-likeness (QED) is 0.688. The Bertz CT molecular complexity index is 826. The fraction of sp³-hybridized carbons (Fsp3) is 0.125. The number of aromatic amines is 1. The molecule has 2 aromatic heterocycles. The minimum atomic E-state index is -0.872. The van der Waals surface area contributed by atoms with Gasteiger partial charge < -0.3 is 20.8 Å². The van der Waals surface area contributed by atoms with Gasteiger partial charge in [0.15, 0.2) is 5.75 Å². The van der Waals surface area contributed by atoms with E-state index in [2.05, 4.69) is 22.2 Å². The topological polar surface area (TPSA) is 93.0 Å². The highest BCUT2D eigenvalue weighted by molar-refractivity contribution is 5.95. The van der Waals surface area contributed by atoms with Crippen molar-refractivity contribution in [2.75, 3.05) is 5.32 Å². The van der Waals surface area contributed by atoms with Crippen LogP contribution in [-0.2, 0) is 6.42 Å². The van der Waals surface area contributed by atoms with Crippen molar-refractivity contribution in [3.8, 4) is 5.75 Å². The maximum absolute atomic E-state index is 11.1. The van der Waals surface area contributed by atoms with E-state index < -0.39 is 6.09 Å². The Labute approximate surface area is 127 Å². The zero-order valence-corrected chi connectivity index (χ0v) is 12.1. The van der Waals surface area contributed by atoms with Gasteiger partial charge in [0.25, 0.3) is 0 Å². The van der Waals surface area contributed by atoms with Gasteiger partial charge in [0.1, 0.15) is 5.65 Å². The van der Waals surface area contributed by atoms with Gasteiger partial charge in [-0.3, -0.25) is 0 Å². The second kappa shape index (κ2) is 5.77. The van der Waals surface area contributed by atoms with Crippen LogP contribution in [0.2, 0.25) is 0 Å². The molecule has 0 saturated heterocycles. The number of nitrogens with one attached hydrogen (secondary N) is 2. The van der Waals surface area contributed by atoms with Gasteiger partial charge in [-0.25, -0.2) is 9.78 Å². The van der Waals surface area contributed by atoms with Gasteiger partial charge in [0.2, 0.25) is 0 Å². The van der Waals surface area contributed by atoms with Crippen LogP contribution in [0.15, 0.2) is 42.7 Å². The van der Waals surface area contributed by atoms with Gasteiger partial charge in [0.05, 0.1) is 11.9 Å². The number of aromatic nitrogens is 2. The maximum Gasteiger partial charge on any atom is 0.410 e. The molecule has 0 unspecified atom stereocenters. The molecule has 0 radical (unpaired) electrons. The number of carbonyl (C=O) groups is 1. The number of nitrogens with two attached hydrogens (primary N) is 1. The Morgan fingerprint density at radius 1 is 1.36 bits per heavy atom. The number of hydrogen-bond acceptors (Lipinski definition) is 4. The number of primary amides is 1. The molecule has 0 fully saturated rings. The summed E-state index contributed by atoms with van der Waals surface area (Å²) < 4.78 is 5.07. The zero-order chi connectivity index (χ0) is 15.5. The van der Waals surface area contributed by atoms with Crippen LogP contribution in [0.4, 0.5) is 16.2 Å². The van der Waals surface area contributed by atoms with Gasteiger partial charge in [-0.2, -0.15) is 0 Å². The van der Waals surface area contributed by atoms with E-state index in [1.165, 1.54) is 6.20 Å². The van der Waals surface area contributed by atoms with Crippen molar-refractivity contribution in [1.29, 1.82) is 0 Å². The summed E-state index contributed by atoms with van der Waals surface area (Å²) >= 11 is 0. The Hall–Kier alpha value is -3.02. The van der Waals surface area contributed by atoms with E-state index in [0.29, 0.717) is 17.1 Å². The number of aryl methyl sites for hydroxylation is 1. The Morgan fingerprint density at radius 3 is 2.95 bits per heavy atom. The lowest BCUT2D eigenvalue weighted by molar-refractivity contribution is 0.211. The van der Waals surface area contributed by atoms with E-state index in [1.807, 2.05) is 30.3 Å². The molecule has 2 heterocycles. The molecule has 0 aliphatic carbocycles. The molecule has 0 aliphatic rings. The number of H-pyrrole nitrogens is 1. The van der Waals surface area contributed by atoms with Crippen LogP contribution in [0.5, 0.6) is 5.75 Å². The number of amides is 1. The zero-order valence-electron chi connectivity index (χ0n) is 12.1. The monoisotopic (exact) mass is 296 g/mol. The van der Waals surface area contributed by atoms with Crippen LogP contribution < -0.4 is 15.8 Å². The summed E-state index contributed by atoms with van der Waals surface area (Å²) in [6.45, 7) is 2.08. The van der Waals surface area contributed by atoms with Gasteiger partial charge in [-0.1, -0.05) is 25.1 Å². The first-order valence-corrected chi connectivity index (χ1v) is 6.97. The highest BCUT2D eigenvalue weighted by Crippen LogP contribution is 2.35. The molecule has 0 saturated carbocycles. The van der Waals surface area contributed by atoms with Crippen molar-refractivity contribution < 1.29 is 9.53 Å². The summed E-state index contributed by atoms with van der Waals surface area (Å²) in [6.07, 6.45) is 3.27. The first kappa shape index (κ1) is 13.9. The van der Waals surface area contributed by atoms with Crippen molar-refractivity contribution in [2.45, 2.75) is 13.3 Å². The standard InChI is InChI=1S/C16H16N4O2/c1-2-10-5-3-4-6-12(10)20-14-11-7-8-18-15(11)19-9-13(14)22-16(17)21/h3-9H,2H2,1H3,(H2,17,21)(H2,18,19,20). The molecule has 6 nitrogen and oxygen atoms in total. The molecule has 0 aliphatic heterocycles. The maximum atomic E-state index is 11.1. The highest BCUT2D eigenvalue weighted by atomic mass is 16.5. The highest BCUT2D eigenvalue weighted by Gasteiger charge is 2.14. The third-order valence-corrected chi connectivity index (χ3v) is 3.42. The molecule has 3 aromatic rings. The molecule has 3 rings (SSSR count). The summed E-state index contributed by atoms with van der Waals surface area (Å²) in [4.78, 5) is 18.4. The third-order valence-electron chi connectivity index (χ3n) is 3.42. The second-order valence-electron chi connectivity index (χ2n) is 4.79. The van der Waals surface area contributed by atoms with Gasteiger partial charge in [0, 0.05) is 17.3 Å². The number of anilines is 2. The molecular formula is C16H16N4O2. The van der Waals surface area contributed by atoms with Crippen LogP contribution in [0.25, 0.3) is 11.0 Å². The van der Waals surface area contributed by atoms with E-state index in [0.717, 1.165) is 23.1 Å². The molecule has 6 heteroatoms. The summed E-state index contributed by atoms with van der Waals surface area (Å²) in [5, 5.41) is 4.16. The summed E-state index contributed by atoms with van der Waals surface area (Å²) in [7, 11) is 0. The average Bonchev–Trinajstić information content (AvgIpc) is 2.98. The number of fused-ring (bicyclic) bond motifs is 1. The fourth-order valence-electron chi connectivity index (χ4n) is 2.39. The van der Waals surface area contributed by atoms with Crippen LogP contribution in [0.3, 0.4) is 0 Å². The number of para-hydroxylation sites is 1. The minimum Gasteiger partial charge on any atom is -0.407 e. The fourth-order valence-corrected chi connectivity index (χ4v) is 2.39. The largest absolute Gasteiger partial charge is 0.410 e. The van der Waals surface area contributed by atoms with Crippen molar-refractivity contribution in [3.63, 3.8) is 0 Å². The number of ether oxygens (including phenoxy) is 1. The molecule has 0 atom stereocenters. The average molecular weight is 296 g/mol. The van der Waals surface area contributed by atoms with E-state index in [1.54, 1.807) is 6.20 Å². The Balaban J connectivity index is 2.11. The van der Waals surface area contributed by atoms with Crippen molar-refractivity contribution in [3.05, 3.63) is 48.3 Å².